The molecule has 2 N–H and O–H groups in total. The van der Waals surface area contributed by atoms with Gasteiger partial charge in [0.1, 0.15) is 0 Å². The van der Waals surface area contributed by atoms with Crippen molar-refractivity contribution in [2.75, 3.05) is 26.3 Å². The summed E-state index contributed by atoms with van der Waals surface area (Å²) in [6, 6.07) is 8.57. The number of rotatable bonds is 4. The van der Waals surface area contributed by atoms with Crippen LogP contribution in [0.3, 0.4) is 0 Å². The van der Waals surface area contributed by atoms with Crippen LogP contribution in [0.15, 0.2) is 24.3 Å². The van der Waals surface area contributed by atoms with Crippen LogP contribution >= 0.6 is 0 Å². The molecule has 1 heterocycles. The van der Waals surface area contributed by atoms with Crippen molar-refractivity contribution in [2.24, 2.45) is 5.73 Å². The number of hydrogen-bond acceptors (Lipinski definition) is 3. The topological polar surface area (TPSA) is 55.6 Å². The van der Waals surface area contributed by atoms with Gasteiger partial charge in [0.15, 0.2) is 0 Å². The Balaban J connectivity index is 1.55. The number of morpholine rings is 1. The highest BCUT2D eigenvalue weighted by molar-refractivity contribution is 5.91. The van der Waals surface area contributed by atoms with E-state index in [1.807, 2.05) is 4.90 Å². The molecule has 0 bridgehead atoms. The van der Waals surface area contributed by atoms with Crippen molar-refractivity contribution in [1.82, 2.24) is 4.90 Å². The highest BCUT2D eigenvalue weighted by Gasteiger charge is 2.53. The predicted octanol–water partition coefficient (Wildman–Crippen LogP) is 1.61. The molecule has 1 amide bonds. The molecule has 1 aromatic carbocycles. The lowest BCUT2D eigenvalue weighted by atomic mass is 9.91. The summed E-state index contributed by atoms with van der Waals surface area (Å²) in [5.74, 6) is 0.293. The number of nitrogens with zero attached hydrogens (tertiary/aromatic N) is 1. The average molecular weight is 300 g/mol. The van der Waals surface area contributed by atoms with Gasteiger partial charge < -0.3 is 15.4 Å². The predicted molar refractivity (Wildman–Crippen MR) is 84.6 cm³/mol. The summed E-state index contributed by atoms with van der Waals surface area (Å²) >= 11 is 0. The fourth-order valence-electron chi connectivity index (χ4n) is 3.54. The lowest BCUT2D eigenvalue weighted by molar-refractivity contribution is -0.138. The van der Waals surface area contributed by atoms with Crippen LogP contribution in [0.4, 0.5) is 0 Å². The minimum Gasteiger partial charge on any atom is -0.378 e. The zero-order valence-corrected chi connectivity index (χ0v) is 13.0. The summed E-state index contributed by atoms with van der Waals surface area (Å²) in [6.07, 6.45) is 5.12. The van der Waals surface area contributed by atoms with Crippen molar-refractivity contribution in [3.05, 3.63) is 35.4 Å². The van der Waals surface area contributed by atoms with Crippen LogP contribution in [0.1, 0.15) is 36.8 Å². The van der Waals surface area contributed by atoms with Crippen molar-refractivity contribution in [2.45, 2.75) is 43.1 Å². The summed E-state index contributed by atoms with van der Waals surface area (Å²) in [4.78, 5) is 14.9. The first-order valence-corrected chi connectivity index (χ1v) is 8.37. The minimum absolute atomic E-state index is 0.0174. The molecule has 2 saturated carbocycles. The van der Waals surface area contributed by atoms with Crippen molar-refractivity contribution in [1.29, 1.82) is 0 Å². The van der Waals surface area contributed by atoms with Crippen molar-refractivity contribution < 1.29 is 9.53 Å². The second-order valence-electron chi connectivity index (χ2n) is 7.23. The Labute approximate surface area is 131 Å². The van der Waals surface area contributed by atoms with Crippen LogP contribution in [0.5, 0.6) is 0 Å². The molecule has 3 fully saturated rings. The maximum absolute atomic E-state index is 12.9. The molecule has 0 spiro atoms. The smallest absolute Gasteiger partial charge is 0.233 e. The molecule has 118 valence electrons. The largest absolute Gasteiger partial charge is 0.378 e. The van der Waals surface area contributed by atoms with Crippen molar-refractivity contribution in [3.8, 4) is 0 Å². The van der Waals surface area contributed by atoms with E-state index in [4.69, 9.17) is 10.5 Å². The molecule has 1 aliphatic heterocycles. The van der Waals surface area contributed by atoms with Gasteiger partial charge in [-0.2, -0.15) is 0 Å². The fourth-order valence-corrected chi connectivity index (χ4v) is 3.54. The van der Waals surface area contributed by atoms with Gasteiger partial charge in [0.2, 0.25) is 5.91 Å². The number of nitrogens with two attached hydrogens (primary N) is 1. The van der Waals surface area contributed by atoms with E-state index >= 15 is 0 Å². The molecule has 4 nitrogen and oxygen atoms in total. The van der Waals surface area contributed by atoms with Gasteiger partial charge in [-0.15, -0.1) is 0 Å². The minimum atomic E-state index is -0.265. The number of amides is 1. The Kier molecular flexibility index (Phi) is 3.27. The standard InChI is InChI=1S/C18H24N2O2/c19-17(4-5-17)13-14-2-1-3-15(12-14)18(6-7-18)16(21)20-8-10-22-11-9-20/h1-3,12H,4-11,13,19H2. The van der Waals surface area contributed by atoms with E-state index < -0.39 is 0 Å². The van der Waals surface area contributed by atoms with E-state index in [1.165, 1.54) is 11.1 Å². The fraction of sp³-hybridized carbons (Fsp3) is 0.611. The summed E-state index contributed by atoms with van der Waals surface area (Å²) < 4.78 is 5.36. The number of benzene rings is 1. The van der Waals surface area contributed by atoms with Gasteiger partial charge in [0.05, 0.1) is 18.6 Å². The van der Waals surface area contributed by atoms with Gasteiger partial charge in [-0.3, -0.25) is 4.79 Å². The molecule has 4 heteroatoms. The highest BCUT2D eigenvalue weighted by Crippen LogP contribution is 2.50. The molecule has 1 saturated heterocycles. The summed E-state index contributed by atoms with van der Waals surface area (Å²) in [5, 5.41) is 0. The van der Waals surface area contributed by atoms with E-state index in [9.17, 15) is 4.79 Å². The first-order valence-electron chi connectivity index (χ1n) is 8.37. The lowest BCUT2D eigenvalue weighted by Gasteiger charge is -2.31. The van der Waals surface area contributed by atoms with Crippen LogP contribution in [-0.4, -0.2) is 42.6 Å². The van der Waals surface area contributed by atoms with Crippen molar-refractivity contribution in [3.63, 3.8) is 0 Å². The molecule has 1 aromatic rings. The molecule has 2 aliphatic carbocycles. The van der Waals surface area contributed by atoms with E-state index in [0.29, 0.717) is 19.1 Å². The van der Waals surface area contributed by atoms with Crippen LogP contribution in [-0.2, 0) is 21.4 Å². The van der Waals surface area contributed by atoms with E-state index in [-0.39, 0.29) is 11.0 Å². The number of hydrogen-bond donors (Lipinski definition) is 1. The first kappa shape index (κ1) is 14.2. The van der Waals surface area contributed by atoms with E-state index in [1.54, 1.807) is 0 Å². The first-order chi connectivity index (χ1) is 10.6. The molecule has 4 rings (SSSR count). The normalized spacial score (nSPS) is 24.9. The molecule has 22 heavy (non-hydrogen) atoms. The third-order valence-electron chi connectivity index (χ3n) is 5.39. The summed E-state index contributed by atoms with van der Waals surface area (Å²) in [7, 11) is 0. The number of carbonyl (C=O) groups is 1. The monoisotopic (exact) mass is 300 g/mol. The molecule has 0 aromatic heterocycles. The van der Waals surface area contributed by atoms with Crippen LogP contribution in [0.25, 0.3) is 0 Å². The number of carbonyl (C=O) groups excluding carboxylic acids is 1. The molecular formula is C18H24N2O2. The molecule has 0 atom stereocenters. The Morgan fingerprint density at radius 3 is 2.55 bits per heavy atom. The van der Waals surface area contributed by atoms with E-state index in [0.717, 1.165) is 45.2 Å². The number of ether oxygens (including phenoxy) is 1. The summed E-state index contributed by atoms with van der Waals surface area (Å²) in [5.41, 5.74) is 8.46. The van der Waals surface area contributed by atoms with Gasteiger partial charge in [0.25, 0.3) is 0 Å². The lowest BCUT2D eigenvalue weighted by Crippen LogP contribution is -2.45. The van der Waals surface area contributed by atoms with Gasteiger partial charge in [-0.05, 0) is 43.2 Å². The Hall–Kier alpha value is -1.39. The van der Waals surface area contributed by atoms with Gasteiger partial charge >= 0.3 is 0 Å². The average Bonchev–Trinajstić information content (AvgIpc) is 3.45. The molecule has 3 aliphatic rings. The Morgan fingerprint density at radius 1 is 1.18 bits per heavy atom. The molecule has 0 unspecified atom stereocenters. The molecule has 0 radical (unpaired) electrons. The van der Waals surface area contributed by atoms with Gasteiger partial charge in [-0.1, -0.05) is 24.3 Å². The van der Waals surface area contributed by atoms with Crippen molar-refractivity contribution >= 4 is 5.91 Å². The zero-order valence-electron chi connectivity index (χ0n) is 13.0. The van der Waals surface area contributed by atoms with Gasteiger partial charge in [0, 0.05) is 18.6 Å². The summed E-state index contributed by atoms with van der Waals surface area (Å²) in [6.45, 7) is 2.79. The SMILES string of the molecule is NC1(Cc2cccc(C3(C(=O)N4CCOCC4)CC3)c2)CC1. The van der Waals surface area contributed by atoms with Gasteiger partial charge in [-0.25, -0.2) is 0 Å². The van der Waals surface area contributed by atoms with E-state index in [2.05, 4.69) is 24.3 Å². The van der Waals surface area contributed by atoms with Crippen LogP contribution in [0, 0.1) is 0 Å². The van der Waals surface area contributed by atoms with Crippen LogP contribution in [0.2, 0.25) is 0 Å². The third kappa shape index (κ3) is 2.55. The highest BCUT2D eigenvalue weighted by atomic mass is 16.5. The molecular weight excluding hydrogens is 276 g/mol. The maximum Gasteiger partial charge on any atom is 0.233 e. The maximum atomic E-state index is 12.9. The quantitative estimate of drug-likeness (QED) is 0.919. The Morgan fingerprint density at radius 2 is 1.91 bits per heavy atom. The Bertz CT molecular complexity index is 585. The third-order valence-corrected chi connectivity index (χ3v) is 5.39. The second kappa shape index (κ2) is 5.07. The second-order valence-corrected chi connectivity index (χ2v) is 7.23. The zero-order chi connectivity index (χ0) is 15.2. The van der Waals surface area contributed by atoms with Crippen LogP contribution < -0.4 is 5.73 Å².